The first-order valence-electron chi connectivity index (χ1n) is 8.38. The minimum Gasteiger partial charge on any atom is -0.376 e. The zero-order valence-electron chi connectivity index (χ0n) is 13.4. The van der Waals surface area contributed by atoms with Crippen LogP contribution in [0.2, 0.25) is 0 Å². The van der Waals surface area contributed by atoms with Gasteiger partial charge < -0.3 is 15.0 Å². The molecule has 0 amide bonds. The van der Waals surface area contributed by atoms with Crippen molar-refractivity contribution in [3.63, 3.8) is 0 Å². The van der Waals surface area contributed by atoms with Crippen molar-refractivity contribution in [1.82, 2.24) is 5.32 Å². The Balaban J connectivity index is 1.57. The number of hydrogen-bond donors (Lipinski definition) is 1. The number of rotatable bonds is 6. The molecule has 2 fully saturated rings. The predicted molar refractivity (Wildman–Crippen MR) is 87.9 cm³/mol. The maximum Gasteiger partial charge on any atom is 0.0749 e. The summed E-state index contributed by atoms with van der Waals surface area (Å²) in [6, 6.07) is 7.61. The Morgan fingerprint density at radius 1 is 1.24 bits per heavy atom. The van der Waals surface area contributed by atoms with Gasteiger partial charge in [0.2, 0.25) is 0 Å². The zero-order chi connectivity index (χ0) is 14.7. The lowest BCUT2D eigenvalue weighted by molar-refractivity contribution is 0.0216. The van der Waals surface area contributed by atoms with E-state index >= 15 is 0 Å². The molecular weight excluding hydrogens is 260 g/mol. The highest BCUT2D eigenvalue weighted by Gasteiger charge is 2.20. The molecule has 1 saturated carbocycles. The fourth-order valence-corrected chi connectivity index (χ4v) is 3.02. The van der Waals surface area contributed by atoms with Crippen LogP contribution in [0.4, 0.5) is 5.69 Å². The van der Waals surface area contributed by atoms with Crippen molar-refractivity contribution in [3.05, 3.63) is 29.3 Å². The highest BCUT2D eigenvalue weighted by Crippen LogP contribution is 2.23. The highest BCUT2D eigenvalue weighted by atomic mass is 16.5. The molecule has 1 atom stereocenters. The van der Waals surface area contributed by atoms with Crippen LogP contribution in [0.25, 0.3) is 0 Å². The Morgan fingerprint density at radius 3 is 2.76 bits per heavy atom. The number of likely N-dealkylation sites (N-methyl/N-ethyl adjacent to an activating group) is 1. The number of aryl methyl sites for hydroxylation is 1. The van der Waals surface area contributed by atoms with E-state index in [2.05, 4.69) is 42.4 Å². The number of anilines is 1. The molecule has 3 rings (SSSR count). The summed E-state index contributed by atoms with van der Waals surface area (Å²) in [5.74, 6) is 0. The van der Waals surface area contributed by atoms with Crippen molar-refractivity contribution in [1.29, 1.82) is 0 Å². The smallest absolute Gasteiger partial charge is 0.0749 e. The van der Waals surface area contributed by atoms with E-state index < -0.39 is 0 Å². The maximum absolute atomic E-state index is 5.84. The summed E-state index contributed by atoms with van der Waals surface area (Å²) >= 11 is 0. The normalized spacial score (nSPS) is 22.3. The number of nitrogens with zero attached hydrogens (tertiary/aromatic N) is 1. The quantitative estimate of drug-likeness (QED) is 0.869. The minimum atomic E-state index is 0.403. The summed E-state index contributed by atoms with van der Waals surface area (Å²) < 4.78 is 5.84. The lowest BCUT2D eigenvalue weighted by atomic mass is 10.1. The third-order valence-corrected chi connectivity index (χ3v) is 4.68. The lowest BCUT2D eigenvalue weighted by Gasteiger charge is -2.29. The molecule has 1 N–H and O–H groups in total. The highest BCUT2D eigenvalue weighted by molar-refractivity contribution is 5.50. The van der Waals surface area contributed by atoms with Crippen molar-refractivity contribution in [2.45, 2.75) is 57.7 Å². The molecule has 0 bridgehead atoms. The number of hydrogen-bond acceptors (Lipinski definition) is 3. The molecule has 0 spiro atoms. The fraction of sp³-hybridized carbons (Fsp3) is 0.667. The van der Waals surface area contributed by atoms with Gasteiger partial charge in [-0.05, 0) is 62.3 Å². The van der Waals surface area contributed by atoms with Gasteiger partial charge in [0.1, 0.15) is 0 Å². The van der Waals surface area contributed by atoms with Gasteiger partial charge in [-0.1, -0.05) is 6.07 Å². The van der Waals surface area contributed by atoms with Gasteiger partial charge in [0, 0.05) is 38.5 Å². The van der Waals surface area contributed by atoms with Crippen LogP contribution in [-0.2, 0) is 11.3 Å². The molecule has 1 aromatic carbocycles. The second-order valence-electron chi connectivity index (χ2n) is 6.64. The fourth-order valence-electron chi connectivity index (χ4n) is 3.02. The van der Waals surface area contributed by atoms with E-state index in [-0.39, 0.29) is 0 Å². The minimum absolute atomic E-state index is 0.403. The summed E-state index contributed by atoms with van der Waals surface area (Å²) in [7, 11) is 2.18. The first kappa shape index (κ1) is 14.9. The first-order valence-corrected chi connectivity index (χ1v) is 8.38. The van der Waals surface area contributed by atoms with E-state index in [1.165, 1.54) is 48.9 Å². The third-order valence-electron chi connectivity index (χ3n) is 4.68. The molecule has 116 valence electrons. The molecule has 3 nitrogen and oxygen atoms in total. The molecule has 0 aromatic heterocycles. The SMILES string of the molecule is Cc1cc(N(C)CC2CCCCO2)ccc1CNC1CC1. The Hall–Kier alpha value is -1.06. The zero-order valence-corrected chi connectivity index (χ0v) is 13.4. The lowest BCUT2D eigenvalue weighted by Crippen LogP contribution is -2.33. The van der Waals surface area contributed by atoms with Crippen LogP contribution >= 0.6 is 0 Å². The van der Waals surface area contributed by atoms with E-state index in [9.17, 15) is 0 Å². The van der Waals surface area contributed by atoms with Crippen LogP contribution in [0, 0.1) is 6.92 Å². The van der Waals surface area contributed by atoms with Gasteiger partial charge in [0.25, 0.3) is 0 Å². The van der Waals surface area contributed by atoms with Gasteiger partial charge in [-0.3, -0.25) is 0 Å². The van der Waals surface area contributed by atoms with Crippen LogP contribution in [-0.4, -0.2) is 32.3 Å². The monoisotopic (exact) mass is 288 g/mol. The van der Waals surface area contributed by atoms with Gasteiger partial charge in [0.05, 0.1) is 6.10 Å². The van der Waals surface area contributed by atoms with Crippen molar-refractivity contribution in [2.75, 3.05) is 25.1 Å². The molecular formula is C18H28N2O. The number of nitrogens with one attached hydrogen (secondary N) is 1. The topological polar surface area (TPSA) is 24.5 Å². The average Bonchev–Trinajstić information content (AvgIpc) is 3.31. The van der Waals surface area contributed by atoms with Crippen LogP contribution < -0.4 is 10.2 Å². The second kappa shape index (κ2) is 6.80. The molecule has 0 radical (unpaired) electrons. The number of ether oxygens (including phenoxy) is 1. The van der Waals surface area contributed by atoms with Gasteiger partial charge >= 0.3 is 0 Å². The molecule has 1 heterocycles. The molecule has 1 aliphatic carbocycles. The Morgan fingerprint density at radius 2 is 2.10 bits per heavy atom. The van der Waals surface area contributed by atoms with Gasteiger partial charge in [-0.25, -0.2) is 0 Å². The average molecular weight is 288 g/mol. The molecule has 1 aromatic rings. The van der Waals surface area contributed by atoms with Crippen LogP contribution in [0.3, 0.4) is 0 Å². The van der Waals surface area contributed by atoms with Crippen LogP contribution in [0.15, 0.2) is 18.2 Å². The van der Waals surface area contributed by atoms with Crippen molar-refractivity contribution < 1.29 is 4.74 Å². The van der Waals surface area contributed by atoms with E-state index in [0.717, 1.165) is 25.7 Å². The summed E-state index contributed by atoms with van der Waals surface area (Å²) in [6.07, 6.45) is 6.83. The second-order valence-corrected chi connectivity index (χ2v) is 6.64. The molecule has 3 heteroatoms. The van der Waals surface area contributed by atoms with E-state index in [1.807, 2.05) is 0 Å². The Kier molecular flexibility index (Phi) is 4.81. The Labute approximate surface area is 128 Å². The molecule has 1 aliphatic heterocycles. The number of benzene rings is 1. The van der Waals surface area contributed by atoms with Gasteiger partial charge in [0.15, 0.2) is 0 Å². The molecule has 1 unspecified atom stereocenters. The van der Waals surface area contributed by atoms with Gasteiger partial charge in [-0.15, -0.1) is 0 Å². The molecule has 21 heavy (non-hydrogen) atoms. The summed E-state index contributed by atoms with van der Waals surface area (Å²) in [4.78, 5) is 2.33. The van der Waals surface area contributed by atoms with Gasteiger partial charge in [-0.2, -0.15) is 0 Å². The van der Waals surface area contributed by atoms with E-state index in [4.69, 9.17) is 4.74 Å². The third kappa shape index (κ3) is 4.21. The Bertz CT molecular complexity index is 464. The summed E-state index contributed by atoms with van der Waals surface area (Å²) in [5.41, 5.74) is 4.11. The maximum atomic E-state index is 5.84. The van der Waals surface area contributed by atoms with Crippen LogP contribution in [0.1, 0.15) is 43.2 Å². The van der Waals surface area contributed by atoms with Crippen molar-refractivity contribution >= 4 is 5.69 Å². The standard InChI is InChI=1S/C18H28N2O/c1-14-11-17(9-6-15(14)12-19-16-7-8-16)20(2)13-18-5-3-4-10-21-18/h6,9,11,16,18-19H,3-5,7-8,10,12-13H2,1-2H3. The van der Waals surface area contributed by atoms with Crippen molar-refractivity contribution in [2.24, 2.45) is 0 Å². The largest absolute Gasteiger partial charge is 0.376 e. The van der Waals surface area contributed by atoms with Crippen molar-refractivity contribution in [3.8, 4) is 0 Å². The van der Waals surface area contributed by atoms with E-state index in [0.29, 0.717) is 6.10 Å². The van der Waals surface area contributed by atoms with E-state index in [1.54, 1.807) is 0 Å². The summed E-state index contributed by atoms with van der Waals surface area (Å²) in [5, 5.41) is 3.59. The first-order chi connectivity index (χ1) is 10.2. The molecule has 1 saturated heterocycles. The van der Waals surface area contributed by atoms with Crippen LogP contribution in [0.5, 0.6) is 0 Å². The predicted octanol–water partition coefficient (Wildman–Crippen LogP) is 3.25. The summed E-state index contributed by atoms with van der Waals surface area (Å²) in [6.45, 7) is 5.16. The molecule has 2 aliphatic rings.